The Hall–Kier alpha value is -2.97. The SMILES string of the molecule is Nc1cc(-c2cccc(C(=O)NCc3ccsc3)c2)nc(N2CCOCC2)n1. The Morgan fingerprint density at radius 3 is 2.86 bits per heavy atom. The van der Waals surface area contributed by atoms with Crippen LogP contribution in [-0.2, 0) is 11.3 Å². The molecule has 0 unspecified atom stereocenters. The number of aromatic nitrogens is 2. The van der Waals surface area contributed by atoms with E-state index in [9.17, 15) is 4.79 Å². The first-order chi connectivity index (χ1) is 13.7. The van der Waals surface area contributed by atoms with E-state index in [1.165, 1.54) is 0 Å². The summed E-state index contributed by atoms with van der Waals surface area (Å²) in [6.45, 7) is 3.26. The second-order valence-electron chi connectivity index (χ2n) is 6.47. The third-order valence-electron chi connectivity index (χ3n) is 4.48. The van der Waals surface area contributed by atoms with Crippen molar-refractivity contribution in [2.45, 2.75) is 6.54 Å². The van der Waals surface area contributed by atoms with Crippen molar-refractivity contribution in [3.05, 3.63) is 58.3 Å². The van der Waals surface area contributed by atoms with Crippen molar-refractivity contribution in [1.82, 2.24) is 15.3 Å². The van der Waals surface area contributed by atoms with Gasteiger partial charge in [0.05, 0.1) is 18.9 Å². The van der Waals surface area contributed by atoms with Crippen LogP contribution < -0.4 is 16.0 Å². The molecule has 144 valence electrons. The molecule has 1 aromatic carbocycles. The molecule has 1 amide bonds. The van der Waals surface area contributed by atoms with Crippen LogP contribution in [0.4, 0.5) is 11.8 Å². The normalized spacial score (nSPS) is 14.1. The molecular formula is C20H21N5O2S. The van der Waals surface area contributed by atoms with Crippen molar-refractivity contribution in [2.24, 2.45) is 0 Å². The molecule has 1 fully saturated rings. The van der Waals surface area contributed by atoms with Gasteiger partial charge < -0.3 is 20.7 Å². The van der Waals surface area contributed by atoms with Gasteiger partial charge in [0.25, 0.3) is 5.91 Å². The fourth-order valence-electron chi connectivity index (χ4n) is 3.00. The molecule has 1 saturated heterocycles. The average Bonchev–Trinajstić information content (AvgIpc) is 3.26. The lowest BCUT2D eigenvalue weighted by atomic mass is 10.1. The molecule has 0 bridgehead atoms. The maximum atomic E-state index is 12.5. The third kappa shape index (κ3) is 4.29. The van der Waals surface area contributed by atoms with Crippen molar-refractivity contribution in [2.75, 3.05) is 36.9 Å². The number of carbonyl (C=O) groups is 1. The number of hydrogen-bond acceptors (Lipinski definition) is 7. The molecule has 3 aromatic rings. The zero-order chi connectivity index (χ0) is 19.3. The number of nitrogens with one attached hydrogen (secondary N) is 1. The molecule has 4 rings (SSSR count). The number of nitrogens with two attached hydrogens (primary N) is 1. The summed E-state index contributed by atoms with van der Waals surface area (Å²) in [5, 5.41) is 6.96. The number of carbonyl (C=O) groups excluding carboxylic acids is 1. The van der Waals surface area contributed by atoms with Crippen LogP contribution in [0.5, 0.6) is 0 Å². The molecule has 1 aliphatic rings. The maximum Gasteiger partial charge on any atom is 0.251 e. The summed E-state index contributed by atoms with van der Waals surface area (Å²) >= 11 is 1.61. The van der Waals surface area contributed by atoms with Crippen molar-refractivity contribution in [3.8, 4) is 11.3 Å². The standard InChI is InChI=1S/C20H21N5O2S/c21-18-11-17(23-20(24-18)25-5-7-27-8-6-25)15-2-1-3-16(10-15)19(26)22-12-14-4-9-28-13-14/h1-4,9-11,13H,5-8,12H2,(H,22,26)(H2,21,23,24). The Morgan fingerprint density at radius 2 is 2.07 bits per heavy atom. The number of benzene rings is 1. The summed E-state index contributed by atoms with van der Waals surface area (Å²) < 4.78 is 5.39. The van der Waals surface area contributed by atoms with Crippen molar-refractivity contribution in [1.29, 1.82) is 0 Å². The van der Waals surface area contributed by atoms with E-state index in [2.05, 4.69) is 20.2 Å². The molecule has 3 N–H and O–H groups in total. The molecule has 0 spiro atoms. The summed E-state index contributed by atoms with van der Waals surface area (Å²) in [7, 11) is 0. The van der Waals surface area contributed by atoms with Gasteiger partial charge in [-0.3, -0.25) is 4.79 Å². The minimum atomic E-state index is -0.122. The third-order valence-corrected chi connectivity index (χ3v) is 5.21. The van der Waals surface area contributed by atoms with Gasteiger partial charge in [-0.25, -0.2) is 4.98 Å². The van der Waals surface area contributed by atoms with Gasteiger partial charge in [0, 0.05) is 36.8 Å². The molecule has 2 aromatic heterocycles. The average molecular weight is 395 g/mol. The second kappa shape index (κ2) is 8.37. The Bertz CT molecular complexity index is 955. The number of nitrogen functional groups attached to an aromatic ring is 1. The summed E-state index contributed by atoms with van der Waals surface area (Å²) in [5.74, 6) is 0.868. The van der Waals surface area contributed by atoms with E-state index in [0.29, 0.717) is 42.8 Å². The van der Waals surface area contributed by atoms with Crippen LogP contribution in [-0.4, -0.2) is 42.2 Å². The van der Waals surface area contributed by atoms with Crippen LogP contribution in [0.2, 0.25) is 0 Å². The molecule has 0 aliphatic carbocycles. The van der Waals surface area contributed by atoms with Gasteiger partial charge in [0.2, 0.25) is 5.95 Å². The summed E-state index contributed by atoms with van der Waals surface area (Å²) in [6.07, 6.45) is 0. The van der Waals surface area contributed by atoms with Gasteiger partial charge in [0.1, 0.15) is 5.82 Å². The lowest BCUT2D eigenvalue weighted by Gasteiger charge is -2.27. The van der Waals surface area contributed by atoms with E-state index in [4.69, 9.17) is 10.5 Å². The first kappa shape index (κ1) is 18.4. The number of nitrogens with zero attached hydrogens (tertiary/aromatic N) is 3. The topological polar surface area (TPSA) is 93.4 Å². The molecule has 8 heteroatoms. The fraction of sp³-hybridized carbons (Fsp3) is 0.250. The van der Waals surface area contributed by atoms with E-state index in [-0.39, 0.29) is 5.91 Å². The highest BCUT2D eigenvalue weighted by Crippen LogP contribution is 2.23. The molecule has 0 atom stereocenters. The summed E-state index contributed by atoms with van der Waals surface area (Å²) in [4.78, 5) is 23.6. The van der Waals surface area contributed by atoms with Crippen LogP contribution >= 0.6 is 11.3 Å². The number of thiophene rings is 1. The smallest absolute Gasteiger partial charge is 0.251 e. The highest BCUT2D eigenvalue weighted by molar-refractivity contribution is 7.07. The molecular weight excluding hydrogens is 374 g/mol. The summed E-state index contributed by atoms with van der Waals surface area (Å²) in [6, 6.07) is 11.1. The predicted molar refractivity (Wildman–Crippen MR) is 110 cm³/mol. The number of ether oxygens (including phenoxy) is 1. The lowest BCUT2D eigenvalue weighted by Crippen LogP contribution is -2.37. The zero-order valence-electron chi connectivity index (χ0n) is 15.3. The lowest BCUT2D eigenvalue weighted by molar-refractivity contribution is 0.0951. The van der Waals surface area contributed by atoms with Gasteiger partial charge in [-0.2, -0.15) is 16.3 Å². The van der Waals surface area contributed by atoms with E-state index < -0.39 is 0 Å². The van der Waals surface area contributed by atoms with Gasteiger partial charge in [-0.1, -0.05) is 12.1 Å². The summed E-state index contributed by atoms with van der Waals surface area (Å²) in [5.41, 5.74) is 9.21. The molecule has 7 nitrogen and oxygen atoms in total. The highest BCUT2D eigenvalue weighted by atomic mass is 32.1. The fourth-order valence-corrected chi connectivity index (χ4v) is 3.67. The first-order valence-electron chi connectivity index (χ1n) is 9.06. The number of hydrogen-bond donors (Lipinski definition) is 2. The minimum Gasteiger partial charge on any atom is -0.384 e. The molecule has 3 heterocycles. The Balaban J connectivity index is 1.55. The van der Waals surface area contributed by atoms with E-state index in [1.807, 2.05) is 35.0 Å². The molecule has 0 radical (unpaired) electrons. The quantitative estimate of drug-likeness (QED) is 0.690. The van der Waals surface area contributed by atoms with E-state index in [1.54, 1.807) is 23.5 Å². The van der Waals surface area contributed by atoms with Crippen molar-refractivity contribution >= 4 is 29.0 Å². The van der Waals surface area contributed by atoms with Gasteiger partial charge >= 0.3 is 0 Å². The first-order valence-corrected chi connectivity index (χ1v) is 10.0. The molecule has 1 aliphatic heterocycles. The Labute approximate surface area is 167 Å². The van der Waals surface area contributed by atoms with Gasteiger partial charge in [-0.05, 0) is 34.5 Å². The number of amides is 1. The largest absolute Gasteiger partial charge is 0.384 e. The number of anilines is 2. The van der Waals surface area contributed by atoms with E-state index >= 15 is 0 Å². The van der Waals surface area contributed by atoms with Crippen molar-refractivity contribution < 1.29 is 9.53 Å². The van der Waals surface area contributed by atoms with Gasteiger partial charge in [-0.15, -0.1) is 0 Å². The highest BCUT2D eigenvalue weighted by Gasteiger charge is 2.16. The number of morpholine rings is 1. The minimum absolute atomic E-state index is 0.122. The molecule has 28 heavy (non-hydrogen) atoms. The van der Waals surface area contributed by atoms with Crippen molar-refractivity contribution in [3.63, 3.8) is 0 Å². The zero-order valence-corrected chi connectivity index (χ0v) is 16.1. The monoisotopic (exact) mass is 395 g/mol. The Kier molecular flexibility index (Phi) is 5.50. The van der Waals surface area contributed by atoms with Crippen LogP contribution in [0, 0.1) is 0 Å². The van der Waals surface area contributed by atoms with Crippen LogP contribution in [0.15, 0.2) is 47.2 Å². The predicted octanol–water partition coefficient (Wildman–Crippen LogP) is 2.55. The molecule has 0 saturated carbocycles. The Morgan fingerprint density at radius 1 is 1.21 bits per heavy atom. The number of rotatable bonds is 5. The maximum absolute atomic E-state index is 12.5. The second-order valence-corrected chi connectivity index (χ2v) is 7.25. The van der Waals surface area contributed by atoms with Gasteiger partial charge in [0.15, 0.2) is 0 Å². The van der Waals surface area contributed by atoms with Crippen LogP contribution in [0.3, 0.4) is 0 Å². The van der Waals surface area contributed by atoms with Crippen LogP contribution in [0.25, 0.3) is 11.3 Å². The van der Waals surface area contributed by atoms with E-state index in [0.717, 1.165) is 24.2 Å². The van der Waals surface area contributed by atoms with Crippen LogP contribution in [0.1, 0.15) is 15.9 Å².